The van der Waals surface area contributed by atoms with Crippen molar-refractivity contribution in [3.05, 3.63) is 59.7 Å². The fraction of sp³-hybridized carbons (Fsp3) is 0.333. The normalized spacial score (nSPS) is 13.5. The number of aliphatic hydroxyl groups is 1. The molecule has 0 saturated carbocycles. The third-order valence-corrected chi connectivity index (χ3v) is 3.83. The van der Waals surface area contributed by atoms with Gasteiger partial charge in [-0.1, -0.05) is 37.3 Å². The van der Waals surface area contributed by atoms with E-state index in [1.165, 1.54) is 0 Å². The van der Waals surface area contributed by atoms with Crippen LogP contribution in [0.1, 0.15) is 18.1 Å². The minimum Gasteiger partial charge on any atom is -0.497 e. The van der Waals surface area contributed by atoms with Gasteiger partial charge in [0.15, 0.2) is 0 Å². The number of ether oxygens (including phenoxy) is 2. The fourth-order valence-corrected chi connectivity index (χ4v) is 2.61. The maximum atomic E-state index is 9.96. The highest BCUT2D eigenvalue weighted by Gasteiger charge is 2.29. The van der Waals surface area contributed by atoms with E-state index in [0.29, 0.717) is 6.42 Å². The summed E-state index contributed by atoms with van der Waals surface area (Å²) in [5.74, 6) is 1.63. The van der Waals surface area contributed by atoms with Gasteiger partial charge in [-0.3, -0.25) is 0 Å². The van der Waals surface area contributed by atoms with Gasteiger partial charge >= 0.3 is 0 Å². The van der Waals surface area contributed by atoms with E-state index in [-0.39, 0.29) is 6.61 Å². The fourth-order valence-electron chi connectivity index (χ4n) is 2.61. The van der Waals surface area contributed by atoms with Crippen molar-refractivity contribution in [1.29, 1.82) is 0 Å². The van der Waals surface area contributed by atoms with Gasteiger partial charge in [0.2, 0.25) is 0 Å². The Balaban J connectivity index is 2.36. The first-order valence-electron chi connectivity index (χ1n) is 7.00. The van der Waals surface area contributed by atoms with Crippen LogP contribution in [-0.4, -0.2) is 25.9 Å². The van der Waals surface area contributed by atoms with E-state index in [2.05, 4.69) is 0 Å². The van der Waals surface area contributed by atoms with Crippen molar-refractivity contribution in [2.75, 3.05) is 20.8 Å². The van der Waals surface area contributed by atoms with Gasteiger partial charge in [0.1, 0.15) is 11.5 Å². The molecule has 1 N–H and O–H groups in total. The lowest BCUT2D eigenvalue weighted by atomic mass is 9.77. The Morgan fingerprint density at radius 3 is 2.43 bits per heavy atom. The Morgan fingerprint density at radius 2 is 1.76 bits per heavy atom. The summed E-state index contributed by atoms with van der Waals surface area (Å²) < 4.78 is 10.7. The second kappa shape index (κ2) is 6.64. The molecule has 0 heterocycles. The molecule has 0 radical (unpaired) electrons. The van der Waals surface area contributed by atoms with Crippen molar-refractivity contribution >= 4 is 0 Å². The predicted octanol–water partition coefficient (Wildman–Crippen LogP) is 3.20. The van der Waals surface area contributed by atoms with Gasteiger partial charge in [0.25, 0.3) is 0 Å². The molecule has 1 unspecified atom stereocenters. The molecule has 0 bridgehead atoms. The van der Waals surface area contributed by atoms with Gasteiger partial charge in [0.05, 0.1) is 20.8 Å². The van der Waals surface area contributed by atoms with E-state index in [4.69, 9.17) is 9.47 Å². The van der Waals surface area contributed by atoms with Gasteiger partial charge in [-0.25, -0.2) is 0 Å². The summed E-state index contributed by atoms with van der Waals surface area (Å²) in [5.41, 5.74) is 1.73. The zero-order valence-corrected chi connectivity index (χ0v) is 12.8. The zero-order chi connectivity index (χ0) is 15.3. The van der Waals surface area contributed by atoms with E-state index < -0.39 is 5.41 Å². The maximum absolute atomic E-state index is 9.96. The second-order valence-electron chi connectivity index (χ2n) is 5.45. The molecule has 1 atom stereocenters. The topological polar surface area (TPSA) is 38.7 Å². The number of para-hydroxylation sites is 1. The third-order valence-electron chi connectivity index (χ3n) is 3.83. The highest BCUT2D eigenvalue weighted by Crippen LogP contribution is 2.34. The Kier molecular flexibility index (Phi) is 4.86. The first-order valence-corrected chi connectivity index (χ1v) is 7.00. The second-order valence-corrected chi connectivity index (χ2v) is 5.45. The van der Waals surface area contributed by atoms with Crippen molar-refractivity contribution in [2.45, 2.75) is 18.8 Å². The number of hydrogen-bond acceptors (Lipinski definition) is 3. The van der Waals surface area contributed by atoms with Gasteiger partial charge in [-0.2, -0.15) is 0 Å². The Hall–Kier alpha value is -2.00. The van der Waals surface area contributed by atoms with Crippen LogP contribution in [-0.2, 0) is 11.8 Å². The van der Waals surface area contributed by atoms with Crippen LogP contribution < -0.4 is 9.47 Å². The third kappa shape index (κ3) is 3.37. The molecule has 2 rings (SSSR count). The van der Waals surface area contributed by atoms with E-state index in [0.717, 1.165) is 22.6 Å². The summed E-state index contributed by atoms with van der Waals surface area (Å²) in [6, 6.07) is 15.8. The molecular weight excluding hydrogens is 264 g/mol. The quantitative estimate of drug-likeness (QED) is 0.886. The summed E-state index contributed by atoms with van der Waals surface area (Å²) in [6.45, 7) is 2.09. The molecule has 0 aliphatic heterocycles. The molecule has 112 valence electrons. The van der Waals surface area contributed by atoms with Crippen molar-refractivity contribution in [3.63, 3.8) is 0 Å². The van der Waals surface area contributed by atoms with E-state index >= 15 is 0 Å². The van der Waals surface area contributed by atoms with Crippen molar-refractivity contribution < 1.29 is 14.6 Å². The lowest BCUT2D eigenvalue weighted by molar-refractivity contribution is 0.201. The lowest BCUT2D eigenvalue weighted by Crippen LogP contribution is -2.30. The first kappa shape index (κ1) is 15.4. The van der Waals surface area contributed by atoms with Gasteiger partial charge in [-0.05, 0) is 30.2 Å². The number of aliphatic hydroxyl groups excluding tert-OH is 1. The maximum Gasteiger partial charge on any atom is 0.122 e. The molecule has 21 heavy (non-hydrogen) atoms. The van der Waals surface area contributed by atoms with Gasteiger partial charge in [-0.15, -0.1) is 0 Å². The van der Waals surface area contributed by atoms with Crippen LogP contribution >= 0.6 is 0 Å². The van der Waals surface area contributed by atoms with E-state index in [9.17, 15) is 5.11 Å². The van der Waals surface area contributed by atoms with Crippen LogP contribution in [0.5, 0.6) is 11.5 Å². The summed E-state index contributed by atoms with van der Waals surface area (Å²) in [5, 5.41) is 9.96. The van der Waals surface area contributed by atoms with Crippen molar-refractivity contribution in [2.24, 2.45) is 0 Å². The largest absolute Gasteiger partial charge is 0.497 e. The Bertz CT molecular complexity index is 595. The van der Waals surface area contributed by atoms with Gasteiger partial charge < -0.3 is 14.6 Å². The van der Waals surface area contributed by atoms with Crippen molar-refractivity contribution in [1.82, 2.24) is 0 Å². The van der Waals surface area contributed by atoms with Crippen LogP contribution in [0.25, 0.3) is 0 Å². The van der Waals surface area contributed by atoms with E-state index in [1.54, 1.807) is 14.2 Å². The molecule has 0 saturated heterocycles. The SMILES string of the molecule is COc1cccc(CC(C)(CO)c2ccccc2OC)c1. The van der Waals surface area contributed by atoms with Crippen molar-refractivity contribution in [3.8, 4) is 11.5 Å². The number of rotatable bonds is 6. The lowest BCUT2D eigenvalue weighted by Gasteiger charge is -2.29. The monoisotopic (exact) mass is 286 g/mol. The molecule has 3 nitrogen and oxygen atoms in total. The highest BCUT2D eigenvalue weighted by molar-refractivity contribution is 5.41. The average molecular weight is 286 g/mol. The minimum absolute atomic E-state index is 0.0462. The molecule has 0 spiro atoms. The smallest absolute Gasteiger partial charge is 0.122 e. The van der Waals surface area contributed by atoms with E-state index in [1.807, 2.05) is 55.5 Å². The molecule has 0 aliphatic carbocycles. The zero-order valence-electron chi connectivity index (χ0n) is 12.8. The molecular formula is C18H22O3. The molecule has 0 aromatic heterocycles. The van der Waals surface area contributed by atoms with Crippen LogP contribution in [0.4, 0.5) is 0 Å². The first-order chi connectivity index (χ1) is 10.1. The molecule has 2 aromatic carbocycles. The summed E-state index contributed by atoms with van der Waals surface area (Å²) in [6.07, 6.45) is 0.709. The number of methoxy groups -OCH3 is 2. The highest BCUT2D eigenvalue weighted by atomic mass is 16.5. The average Bonchev–Trinajstić information content (AvgIpc) is 2.54. The molecule has 0 aliphatic rings. The molecule has 2 aromatic rings. The summed E-state index contributed by atoms with van der Waals surface area (Å²) in [4.78, 5) is 0. The Morgan fingerprint density at radius 1 is 1.00 bits per heavy atom. The molecule has 0 fully saturated rings. The summed E-state index contributed by atoms with van der Waals surface area (Å²) in [7, 11) is 3.31. The standard InChI is InChI=1S/C18H22O3/c1-18(13-19,16-9-4-5-10-17(16)21-3)12-14-7-6-8-15(11-14)20-2/h4-11,19H,12-13H2,1-3H3. The van der Waals surface area contributed by atoms with Crippen LogP contribution in [0.2, 0.25) is 0 Å². The molecule has 3 heteroatoms. The molecule has 0 amide bonds. The van der Waals surface area contributed by atoms with Crippen LogP contribution in [0.15, 0.2) is 48.5 Å². The number of hydrogen-bond donors (Lipinski definition) is 1. The van der Waals surface area contributed by atoms with Crippen LogP contribution in [0.3, 0.4) is 0 Å². The predicted molar refractivity (Wildman–Crippen MR) is 84.1 cm³/mol. The Labute approximate surface area is 126 Å². The minimum atomic E-state index is -0.404. The summed E-state index contributed by atoms with van der Waals surface area (Å²) >= 11 is 0. The van der Waals surface area contributed by atoms with Gasteiger partial charge in [0, 0.05) is 11.0 Å². The van der Waals surface area contributed by atoms with Crippen LogP contribution in [0, 0.1) is 0 Å². The number of benzene rings is 2.